The third-order valence-electron chi connectivity index (χ3n) is 3.79. The molecule has 18 heavy (non-hydrogen) atoms. The Morgan fingerprint density at radius 2 is 2.28 bits per heavy atom. The molecule has 1 aromatic heterocycles. The van der Waals surface area contributed by atoms with Gasteiger partial charge in [0.25, 0.3) is 0 Å². The van der Waals surface area contributed by atoms with E-state index in [0.29, 0.717) is 6.04 Å². The van der Waals surface area contributed by atoms with Gasteiger partial charge in [0, 0.05) is 37.9 Å². The first-order chi connectivity index (χ1) is 8.61. The van der Waals surface area contributed by atoms with Crippen molar-refractivity contribution in [3.05, 3.63) is 23.9 Å². The van der Waals surface area contributed by atoms with Gasteiger partial charge in [0.15, 0.2) is 0 Å². The van der Waals surface area contributed by atoms with Crippen LogP contribution in [0.2, 0.25) is 0 Å². The van der Waals surface area contributed by atoms with Crippen LogP contribution in [0.15, 0.2) is 18.3 Å². The zero-order valence-corrected chi connectivity index (χ0v) is 11.6. The molecule has 2 rings (SSSR count). The lowest BCUT2D eigenvalue weighted by molar-refractivity contribution is 0.199. The fraction of sp³-hybridized carbons (Fsp3) is 0.643. The molecule has 2 atom stereocenters. The number of hydrogen-bond acceptors (Lipinski definition) is 4. The summed E-state index contributed by atoms with van der Waals surface area (Å²) in [7, 11) is 0. The normalized spacial score (nSPS) is 23.1. The predicted octanol–water partition coefficient (Wildman–Crippen LogP) is 1.63. The summed E-state index contributed by atoms with van der Waals surface area (Å²) in [4.78, 5) is 9.35. The number of rotatable bonds is 3. The summed E-state index contributed by atoms with van der Waals surface area (Å²) in [6, 6.07) is 4.78. The summed E-state index contributed by atoms with van der Waals surface area (Å²) in [6.07, 6.45) is 1.87. The Bertz CT molecular complexity index is 391. The zero-order valence-electron chi connectivity index (χ0n) is 11.6. The third-order valence-corrected chi connectivity index (χ3v) is 3.79. The average molecular weight is 248 g/mol. The van der Waals surface area contributed by atoms with Gasteiger partial charge in [0.2, 0.25) is 0 Å². The quantitative estimate of drug-likeness (QED) is 0.883. The number of aromatic nitrogens is 1. The first-order valence-electron chi connectivity index (χ1n) is 6.82. The summed E-state index contributed by atoms with van der Waals surface area (Å²) in [5.41, 5.74) is 7.09. The first-order valence-corrected chi connectivity index (χ1v) is 6.82. The number of nitrogens with two attached hydrogens (primary N) is 1. The molecule has 0 radical (unpaired) electrons. The molecule has 1 fully saturated rings. The summed E-state index contributed by atoms with van der Waals surface area (Å²) >= 11 is 0. The van der Waals surface area contributed by atoms with Gasteiger partial charge in [-0.05, 0) is 38.1 Å². The van der Waals surface area contributed by atoms with Crippen LogP contribution >= 0.6 is 0 Å². The zero-order chi connectivity index (χ0) is 13.1. The fourth-order valence-corrected chi connectivity index (χ4v) is 2.56. The molecular formula is C14H24N4. The van der Waals surface area contributed by atoms with E-state index in [1.54, 1.807) is 0 Å². The summed E-state index contributed by atoms with van der Waals surface area (Å²) in [6.45, 7) is 10.9. The lowest BCUT2D eigenvalue weighted by Crippen LogP contribution is -2.52. The van der Waals surface area contributed by atoms with Crippen LogP contribution in [0.25, 0.3) is 0 Å². The van der Waals surface area contributed by atoms with Crippen LogP contribution < -0.4 is 10.6 Å². The predicted molar refractivity (Wildman–Crippen MR) is 75.8 cm³/mol. The maximum Gasteiger partial charge on any atom is 0.128 e. The number of nitrogens with zero attached hydrogens (tertiary/aromatic N) is 3. The van der Waals surface area contributed by atoms with Gasteiger partial charge >= 0.3 is 0 Å². The van der Waals surface area contributed by atoms with Crippen molar-refractivity contribution >= 4 is 5.82 Å². The Hall–Kier alpha value is -1.13. The summed E-state index contributed by atoms with van der Waals surface area (Å²) in [5, 5.41) is 0. The van der Waals surface area contributed by atoms with Gasteiger partial charge in [-0.15, -0.1) is 0 Å². The van der Waals surface area contributed by atoms with Gasteiger partial charge in [0.05, 0.1) is 0 Å². The van der Waals surface area contributed by atoms with E-state index in [1.807, 2.05) is 19.2 Å². The minimum atomic E-state index is 0.0705. The van der Waals surface area contributed by atoms with Gasteiger partial charge in [-0.1, -0.05) is 6.92 Å². The van der Waals surface area contributed by atoms with Crippen molar-refractivity contribution in [2.24, 2.45) is 5.73 Å². The second-order valence-electron chi connectivity index (χ2n) is 5.16. The molecule has 4 nitrogen and oxygen atoms in total. The van der Waals surface area contributed by atoms with Crippen molar-refractivity contribution in [3.8, 4) is 0 Å². The largest absolute Gasteiger partial charge is 0.354 e. The Labute approximate surface area is 110 Å². The molecule has 1 aliphatic rings. The highest BCUT2D eigenvalue weighted by Crippen LogP contribution is 2.20. The van der Waals surface area contributed by atoms with E-state index in [-0.39, 0.29) is 6.04 Å². The highest BCUT2D eigenvalue weighted by atomic mass is 15.3. The molecule has 2 unspecified atom stereocenters. The summed E-state index contributed by atoms with van der Waals surface area (Å²) in [5.74, 6) is 1.06. The Morgan fingerprint density at radius 1 is 1.50 bits per heavy atom. The number of anilines is 1. The van der Waals surface area contributed by atoms with Crippen molar-refractivity contribution in [2.45, 2.75) is 32.9 Å². The number of pyridine rings is 1. The van der Waals surface area contributed by atoms with E-state index >= 15 is 0 Å². The number of hydrogen-bond donors (Lipinski definition) is 1. The van der Waals surface area contributed by atoms with Gasteiger partial charge < -0.3 is 10.6 Å². The van der Waals surface area contributed by atoms with Gasteiger partial charge in [0.1, 0.15) is 5.82 Å². The number of likely N-dealkylation sites (N-methyl/N-ethyl adjacent to an activating group) is 1. The Kier molecular flexibility index (Phi) is 4.19. The molecule has 1 aromatic rings. The lowest BCUT2D eigenvalue weighted by Gasteiger charge is -2.40. The van der Waals surface area contributed by atoms with Crippen molar-refractivity contribution < 1.29 is 0 Å². The second kappa shape index (κ2) is 5.67. The molecule has 1 saturated heterocycles. The van der Waals surface area contributed by atoms with Crippen LogP contribution in [0.3, 0.4) is 0 Å². The maximum absolute atomic E-state index is 5.93. The highest BCUT2D eigenvalue weighted by molar-refractivity contribution is 5.42. The molecule has 0 aliphatic carbocycles. The minimum absolute atomic E-state index is 0.0705. The Morgan fingerprint density at radius 3 is 2.89 bits per heavy atom. The van der Waals surface area contributed by atoms with Crippen molar-refractivity contribution in [2.75, 3.05) is 31.1 Å². The van der Waals surface area contributed by atoms with E-state index < -0.39 is 0 Å². The van der Waals surface area contributed by atoms with Crippen LogP contribution in [-0.4, -0.2) is 42.1 Å². The molecule has 0 aromatic carbocycles. The summed E-state index contributed by atoms with van der Waals surface area (Å²) < 4.78 is 0. The molecule has 4 heteroatoms. The molecule has 1 aliphatic heterocycles. The molecule has 2 N–H and O–H groups in total. The van der Waals surface area contributed by atoms with Crippen LogP contribution in [0.1, 0.15) is 32.4 Å². The van der Waals surface area contributed by atoms with Crippen LogP contribution in [0.4, 0.5) is 5.82 Å². The molecule has 0 spiro atoms. The smallest absolute Gasteiger partial charge is 0.128 e. The van der Waals surface area contributed by atoms with E-state index in [1.165, 1.54) is 0 Å². The monoisotopic (exact) mass is 248 g/mol. The average Bonchev–Trinajstić information content (AvgIpc) is 2.38. The molecule has 2 heterocycles. The molecule has 0 saturated carbocycles. The molecule has 0 amide bonds. The minimum Gasteiger partial charge on any atom is -0.354 e. The lowest BCUT2D eigenvalue weighted by atomic mass is 10.1. The van der Waals surface area contributed by atoms with Gasteiger partial charge in [-0.25, -0.2) is 4.98 Å². The fourth-order valence-electron chi connectivity index (χ4n) is 2.56. The second-order valence-corrected chi connectivity index (χ2v) is 5.16. The first kappa shape index (κ1) is 13.3. The van der Waals surface area contributed by atoms with Gasteiger partial charge in [-0.3, -0.25) is 4.90 Å². The van der Waals surface area contributed by atoms with Crippen LogP contribution in [0.5, 0.6) is 0 Å². The van der Waals surface area contributed by atoms with Crippen molar-refractivity contribution in [1.82, 2.24) is 9.88 Å². The van der Waals surface area contributed by atoms with Crippen molar-refractivity contribution in [1.29, 1.82) is 0 Å². The van der Waals surface area contributed by atoms with E-state index in [4.69, 9.17) is 5.73 Å². The highest BCUT2D eigenvalue weighted by Gasteiger charge is 2.23. The Balaban J connectivity index is 2.10. The van der Waals surface area contributed by atoms with Crippen molar-refractivity contribution in [3.63, 3.8) is 0 Å². The number of piperazine rings is 1. The third kappa shape index (κ3) is 2.82. The van der Waals surface area contributed by atoms with Gasteiger partial charge in [-0.2, -0.15) is 0 Å². The van der Waals surface area contributed by atoms with E-state index in [0.717, 1.165) is 37.6 Å². The van der Waals surface area contributed by atoms with Crippen LogP contribution in [0, 0.1) is 0 Å². The van der Waals surface area contributed by atoms with E-state index in [9.17, 15) is 0 Å². The molecule has 100 valence electrons. The SMILES string of the molecule is CCN1CCN(c2cc(C(C)N)ccn2)CC1C. The maximum atomic E-state index is 5.93. The topological polar surface area (TPSA) is 45.4 Å². The standard InChI is InChI=1S/C14H24N4/c1-4-17-7-8-18(10-11(17)2)14-9-13(12(3)15)5-6-16-14/h5-6,9,11-12H,4,7-8,10,15H2,1-3H3. The van der Waals surface area contributed by atoms with Crippen LogP contribution in [-0.2, 0) is 0 Å². The molecule has 0 bridgehead atoms. The van der Waals surface area contributed by atoms with E-state index in [2.05, 4.69) is 34.7 Å². The molecular weight excluding hydrogens is 224 g/mol.